The summed E-state index contributed by atoms with van der Waals surface area (Å²) in [7, 11) is 0. The van der Waals surface area contributed by atoms with Gasteiger partial charge in [-0.2, -0.15) is 0 Å². The molecule has 0 aliphatic heterocycles. The first-order valence-electron chi connectivity index (χ1n) is 6.53. The van der Waals surface area contributed by atoms with Crippen molar-refractivity contribution in [1.29, 1.82) is 0 Å². The van der Waals surface area contributed by atoms with E-state index < -0.39 is 5.97 Å². The van der Waals surface area contributed by atoms with Crippen LogP contribution in [0.15, 0.2) is 21.1 Å². The van der Waals surface area contributed by atoms with Gasteiger partial charge in [0.05, 0.1) is 14.5 Å². The molecule has 0 aliphatic rings. The van der Waals surface area contributed by atoms with Gasteiger partial charge in [-0.15, -0.1) is 0 Å². The number of nitrogens with one attached hydrogen (secondary N) is 1. The molecule has 1 aromatic rings. The maximum Gasteiger partial charge on any atom is 0.335 e. The van der Waals surface area contributed by atoms with Crippen LogP contribution in [0.2, 0.25) is 0 Å². The Labute approximate surface area is 140 Å². The topological polar surface area (TPSA) is 75.6 Å². The molecule has 0 saturated carbocycles. The van der Waals surface area contributed by atoms with E-state index in [2.05, 4.69) is 37.2 Å². The molecule has 0 radical (unpaired) electrons. The normalized spacial score (nSPS) is 10.5. The Morgan fingerprint density at radius 3 is 2.19 bits per heavy atom. The van der Waals surface area contributed by atoms with Crippen LogP contribution < -0.4 is 10.1 Å². The summed E-state index contributed by atoms with van der Waals surface area (Å²) < 4.78 is 6.41. The monoisotopic (exact) mass is 421 g/mol. The van der Waals surface area contributed by atoms with Gasteiger partial charge in [0.15, 0.2) is 6.61 Å². The summed E-state index contributed by atoms with van der Waals surface area (Å²) in [6.07, 6.45) is 1.73. The highest BCUT2D eigenvalue weighted by molar-refractivity contribution is 9.11. The van der Waals surface area contributed by atoms with Crippen molar-refractivity contribution in [2.45, 2.75) is 32.7 Å². The lowest BCUT2D eigenvalue weighted by atomic mass is 10.2. The summed E-state index contributed by atoms with van der Waals surface area (Å²) in [4.78, 5) is 22.7. The number of hydrogen-bond acceptors (Lipinski definition) is 3. The lowest BCUT2D eigenvalue weighted by molar-refractivity contribution is -0.123. The van der Waals surface area contributed by atoms with E-state index in [9.17, 15) is 9.59 Å². The van der Waals surface area contributed by atoms with Crippen molar-refractivity contribution in [2.24, 2.45) is 0 Å². The molecule has 0 bridgehead atoms. The van der Waals surface area contributed by atoms with Crippen LogP contribution >= 0.6 is 31.9 Å². The van der Waals surface area contributed by atoms with Gasteiger partial charge in [0.25, 0.3) is 5.91 Å². The van der Waals surface area contributed by atoms with Crippen molar-refractivity contribution in [1.82, 2.24) is 5.32 Å². The van der Waals surface area contributed by atoms with Crippen molar-refractivity contribution in [3.8, 4) is 5.75 Å². The van der Waals surface area contributed by atoms with Crippen LogP contribution in [0.4, 0.5) is 0 Å². The van der Waals surface area contributed by atoms with E-state index in [0.717, 1.165) is 12.8 Å². The molecule has 1 amide bonds. The van der Waals surface area contributed by atoms with E-state index in [1.54, 1.807) is 0 Å². The van der Waals surface area contributed by atoms with Crippen molar-refractivity contribution in [3.05, 3.63) is 26.6 Å². The first-order chi connectivity index (χ1) is 9.88. The van der Waals surface area contributed by atoms with Gasteiger partial charge >= 0.3 is 5.97 Å². The van der Waals surface area contributed by atoms with E-state index in [0.29, 0.717) is 14.7 Å². The minimum Gasteiger partial charge on any atom is -0.481 e. The van der Waals surface area contributed by atoms with E-state index in [-0.39, 0.29) is 24.1 Å². The Morgan fingerprint density at radius 1 is 1.24 bits per heavy atom. The van der Waals surface area contributed by atoms with E-state index in [1.165, 1.54) is 12.1 Å². The molecule has 21 heavy (non-hydrogen) atoms. The smallest absolute Gasteiger partial charge is 0.335 e. The Hall–Kier alpha value is -1.08. The molecule has 0 aromatic heterocycles. The van der Waals surface area contributed by atoms with Gasteiger partial charge in [0.2, 0.25) is 0 Å². The summed E-state index contributed by atoms with van der Waals surface area (Å²) in [5, 5.41) is 11.8. The van der Waals surface area contributed by atoms with E-state index in [4.69, 9.17) is 9.84 Å². The van der Waals surface area contributed by atoms with Gasteiger partial charge in [-0.05, 0) is 56.8 Å². The van der Waals surface area contributed by atoms with Gasteiger partial charge in [0.1, 0.15) is 5.75 Å². The fraction of sp³-hybridized carbons (Fsp3) is 0.429. The van der Waals surface area contributed by atoms with Crippen LogP contribution in [-0.2, 0) is 4.79 Å². The summed E-state index contributed by atoms with van der Waals surface area (Å²) in [5.41, 5.74) is 0.127. The average molecular weight is 423 g/mol. The molecule has 0 unspecified atom stereocenters. The molecule has 2 N–H and O–H groups in total. The van der Waals surface area contributed by atoms with Crippen LogP contribution in [0.1, 0.15) is 37.0 Å². The predicted octanol–water partition coefficient (Wildman–Crippen LogP) is 3.59. The molecule has 0 fully saturated rings. The van der Waals surface area contributed by atoms with Crippen molar-refractivity contribution in [2.75, 3.05) is 6.61 Å². The number of carbonyl (C=O) groups is 2. The van der Waals surface area contributed by atoms with Crippen LogP contribution in [0.5, 0.6) is 5.75 Å². The highest BCUT2D eigenvalue weighted by Crippen LogP contribution is 2.34. The molecule has 7 heteroatoms. The summed E-state index contributed by atoms with van der Waals surface area (Å²) in [6.45, 7) is 3.89. The Balaban J connectivity index is 2.72. The minimum absolute atomic E-state index is 0.125. The highest BCUT2D eigenvalue weighted by Gasteiger charge is 2.15. The maximum absolute atomic E-state index is 11.8. The Kier molecular flexibility index (Phi) is 7.17. The number of ether oxygens (including phenoxy) is 1. The molecular weight excluding hydrogens is 406 g/mol. The number of aromatic carboxylic acids is 1. The lowest BCUT2D eigenvalue weighted by Crippen LogP contribution is -2.37. The second-order valence-electron chi connectivity index (χ2n) is 4.44. The zero-order valence-corrected chi connectivity index (χ0v) is 15.0. The number of carboxylic acids is 1. The zero-order chi connectivity index (χ0) is 16.0. The largest absolute Gasteiger partial charge is 0.481 e. The first kappa shape index (κ1) is 18.0. The van der Waals surface area contributed by atoms with Crippen molar-refractivity contribution < 1.29 is 19.4 Å². The van der Waals surface area contributed by atoms with E-state index in [1.807, 2.05) is 13.8 Å². The van der Waals surface area contributed by atoms with Crippen LogP contribution in [-0.4, -0.2) is 29.6 Å². The fourth-order valence-corrected chi connectivity index (χ4v) is 3.14. The van der Waals surface area contributed by atoms with Gasteiger partial charge in [0, 0.05) is 6.04 Å². The number of amides is 1. The molecule has 0 heterocycles. The van der Waals surface area contributed by atoms with Crippen LogP contribution in [0, 0.1) is 0 Å². The predicted molar refractivity (Wildman–Crippen MR) is 86.8 cm³/mol. The molecule has 0 atom stereocenters. The zero-order valence-electron chi connectivity index (χ0n) is 11.8. The number of carboxylic acid groups (broad SMARTS) is 1. The van der Waals surface area contributed by atoms with Crippen molar-refractivity contribution >= 4 is 43.7 Å². The first-order valence-corrected chi connectivity index (χ1v) is 8.12. The van der Waals surface area contributed by atoms with Crippen molar-refractivity contribution in [3.63, 3.8) is 0 Å². The Morgan fingerprint density at radius 2 is 1.76 bits per heavy atom. The molecule has 116 valence electrons. The molecule has 1 rings (SSSR count). The lowest BCUT2D eigenvalue weighted by Gasteiger charge is -2.16. The molecular formula is C14H17Br2NO4. The third-order valence-electron chi connectivity index (χ3n) is 2.94. The summed E-state index contributed by atoms with van der Waals surface area (Å²) in [6, 6.07) is 3.00. The Bertz CT molecular complexity index is 507. The van der Waals surface area contributed by atoms with Crippen LogP contribution in [0.3, 0.4) is 0 Å². The molecule has 0 saturated heterocycles. The number of halogens is 2. The highest BCUT2D eigenvalue weighted by atomic mass is 79.9. The standard InChI is InChI=1S/C14H17Br2NO4/c1-3-9(4-2)17-12(18)7-21-13-10(15)5-8(14(19)20)6-11(13)16/h5-6,9H,3-4,7H2,1-2H3,(H,17,18)(H,19,20). The molecule has 0 spiro atoms. The van der Waals surface area contributed by atoms with Gasteiger partial charge in [-0.1, -0.05) is 13.8 Å². The third-order valence-corrected chi connectivity index (χ3v) is 4.12. The molecule has 1 aromatic carbocycles. The average Bonchev–Trinajstić information content (AvgIpc) is 2.43. The van der Waals surface area contributed by atoms with E-state index >= 15 is 0 Å². The second kappa shape index (κ2) is 8.38. The number of carbonyl (C=O) groups excluding carboxylic acids is 1. The molecule has 5 nitrogen and oxygen atoms in total. The minimum atomic E-state index is -1.03. The third kappa shape index (κ3) is 5.32. The molecule has 0 aliphatic carbocycles. The fourth-order valence-electron chi connectivity index (χ4n) is 1.72. The van der Waals surface area contributed by atoms with Gasteiger partial charge in [-0.3, -0.25) is 4.79 Å². The quantitative estimate of drug-likeness (QED) is 0.703. The summed E-state index contributed by atoms with van der Waals surface area (Å²) >= 11 is 6.49. The maximum atomic E-state index is 11.8. The van der Waals surface area contributed by atoms with Crippen LogP contribution in [0.25, 0.3) is 0 Å². The number of rotatable bonds is 7. The second-order valence-corrected chi connectivity index (χ2v) is 6.15. The number of hydrogen-bond donors (Lipinski definition) is 2. The summed E-state index contributed by atoms with van der Waals surface area (Å²) in [5.74, 6) is -0.834. The SMILES string of the molecule is CCC(CC)NC(=O)COc1c(Br)cc(C(=O)O)cc1Br. The van der Waals surface area contributed by atoms with Gasteiger partial charge < -0.3 is 15.2 Å². The number of benzene rings is 1. The van der Waals surface area contributed by atoms with Gasteiger partial charge in [-0.25, -0.2) is 4.79 Å².